The van der Waals surface area contributed by atoms with E-state index in [1.807, 2.05) is 25.7 Å². The molecule has 1 rings (SSSR count). The van der Waals surface area contributed by atoms with Crippen LogP contribution in [-0.2, 0) is 9.53 Å². The number of morpholine rings is 1. The minimum atomic E-state index is -0.209. The van der Waals surface area contributed by atoms with Crippen LogP contribution in [0.3, 0.4) is 0 Å². The lowest BCUT2D eigenvalue weighted by molar-refractivity contribution is -0.157. The summed E-state index contributed by atoms with van der Waals surface area (Å²) in [4.78, 5) is 13.6. The van der Waals surface area contributed by atoms with E-state index >= 15 is 0 Å². The maximum atomic E-state index is 11.7. The lowest BCUT2D eigenvalue weighted by Crippen LogP contribution is -2.53. The smallest absolute Gasteiger partial charge is 0.223 e. The number of amides is 1. The lowest BCUT2D eigenvalue weighted by Gasteiger charge is -2.41. The molecule has 3 nitrogen and oxygen atoms in total. The molecule has 0 aromatic rings. The molecule has 1 heterocycles. The number of rotatable bonds is 2. The number of carbonyl (C=O) groups is 1. The molecule has 14 heavy (non-hydrogen) atoms. The molecule has 0 aromatic heterocycles. The van der Waals surface area contributed by atoms with Crippen molar-refractivity contribution in [3.8, 4) is 0 Å². The van der Waals surface area contributed by atoms with E-state index in [1.54, 1.807) is 0 Å². The van der Waals surface area contributed by atoms with Gasteiger partial charge in [0.15, 0.2) is 0 Å². The third-order valence-electron chi connectivity index (χ3n) is 2.23. The van der Waals surface area contributed by atoms with E-state index in [0.29, 0.717) is 13.0 Å². The van der Waals surface area contributed by atoms with E-state index < -0.39 is 0 Å². The first kappa shape index (κ1) is 12.0. The van der Waals surface area contributed by atoms with E-state index in [1.165, 1.54) is 0 Å². The summed E-state index contributed by atoms with van der Waals surface area (Å²) in [6, 6.07) is 0. The molecule has 1 amide bonds. The summed E-state index contributed by atoms with van der Waals surface area (Å²) in [6.07, 6.45) is 0.709. The first-order valence-corrected chi connectivity index (χ1v) is 6.08. The van der Waals surface area contributed by atoms with Crippen molar-refractivity contribution in [2.45, 2.75) is 38.9 Å². The van der Waals surface area contributed by atoms with Crippen LogP contribution in [0.4, 0.5) is 0 Å². The molecular weight excluding hydrogens is 246 g/mol. The van der Waals surface area contributed by atoms with Crippen LogP contribution in [-0.4, -0.2) is 40.9 Å². The van der Waals surface area contributed by atoms with Crippen LogP contribution in [0.15, 0.2) is 0 Å². The summed E-state index contributed by atoms with van der Waals surface area (Å²) >= 11 is 3.28. The van der Waals surface area contributed by atoms with Crippen LogP contribution >= 0.6 is 15.9 Å². The molecule has 0 spiro atoms. The Labute approximate surface area is 93.9 Å². The molecule has 0 radical (unpaired) electrons. The number of carbonyl (C=O) groups excluding carboxylic acids is 1. The molecular formula is C10H18BrNO2. The highest BCUT2D eigenvalue weighted by atomic mass is 79.9. The van der Waals surface area contributed by atoms with Crippen molar-refractivity contribution < 1.29 is 9.53 Å². The third kappa shape index (κ3) is 3.24. The fourth-order valence-corrected chi connectivity index (χ4v) is 2.22. The zero-order valence-corrected chi connectivity index (χ0v) is 10.6. The van der Waals surface area contributed by atoms with E-state index in [-0.39, 0.29) is 17.6 Å². The van der Waals surface area contributed by atoms with Gasteiger partial charge in [0.05, 0.1) is 11.7 Å². The summed E-state index contributed by atoms with van der Waals surface area (Å²) in [5.74, 6) is 0.213. The van der Waals surface area contributed by atoms with Gasteiger partial charge < -0.3 is 9.64 Å². The normalized spacial score (nSPS) is 26.3. The van der Waals surface area contributed by atoms with Crippen molar-refractivity contribution in [3.63, 3.8) is 0 Å². The fourth-order valence-electron chi connectivity index (χ4n) is 1.88. The standard InChI is InChI=1S/C10H18BrNO2/c1-8-6-12(9(13)4-5-11)7-10(2,3)14-8/h8H,4-7H2,1-3H3. The molecule has 0 aliphatic carbocycles. The van der Waals surface area contributed by atoms with Crippen LogP contribution in [0.1, 0.15) is 27.2 Å². The maximum absolute atomic E-state index is 11.7. The first-order valence-electron chi connectivity index (χ1n) is 4.96. The number of halogens is 1. The van der Waals surface area contributed by atoms with Gasteiger partial charge in [-0.25, -0.2) is 0 Å². The van der Waals surface area contributed by atoms with Gasteiger partial charge in [0, 0.05) is 24.8 Å². The predicted octanol–water partition coefficient (Wildman–Crippen LogP) is 1.80. The second-order valence-electron chi connectivity index (χ2n) is 4.40. The van der Waals surface area contributed by atoms with Gasteiger partial charge in [-0.3, -0.25) is 4.79 Å². The predicted molar refractivity (Wildman–Crippen MR) is 59.6 cm³/mol. The Balaban J connectivity index is 2.57. The zero-order chi connectivity index (χ0) is 10.8. The first-order chi connectivity index (χ1) is 6.44. The van der Waals surface area contributed by atoms with Crippen molar-refractivity contribution in [1.29, 1.82) is 0 Å². The average Bonchev–Trinajstić information content (AvgIpc) is 2.00. The summed E-state index contributed by atoms with van der Waals surface area (Å²) in [7, 11) is 0. The second-order valence-corrected chi connectivity index (χ2v) is 5.19. The van der Waals surface area contributed by atoms with Crippen molar-refractivity contribution >= 4 is 21.8 Å². The van der Waals surface area contributed by atoms with Crippen molar-refractivity contribution in [2.75, 3.05) is 18.4 Å². The largest absolute Gasteiger partial charge is 0.369 e. The van der Waals surface area contributed by atoms with Gasteiger partial charge in [0.25, 0.3) is 0 Å². The van der Waals surface area contributed by atoms with E-state index in [9.17, 15) is 4.79 Å². The Morgan fingerprint density at radius 3 is 2.79 bits per heavy atom. The van der Waals surface area contributed by atoms with Crippen molar-refractivity contribution in [3.05, 3.63) is 0 Å². The average molecular weight is 264 g/mol. The quantitative estimate of drug-likeness (QED) is 0.712. The molecule has 1 aliphatic heterocycles. The van der Waals surface area contributed by atoms with Gasteiger partial charge >= 0.3 is 0 Å². The van der Waals surface area contributed by atoms with E-state index in [4.69, 9.17) is 4.74 Å². The summed E-state index contributed by atoms with van der Waals surface area (Å²) in [5, 5.41) is 0.734. The molecule has 0 N–H and O–H groups in total. The van der Waals surface area contributed by atoms with Crippen molar-refractivity contribution in [1.82, 2.24) is 4.90 Å². The Morgan fingerprint density at radius 1 is 1.64 bits per heavy atom. The number of hydrogen-bond acceptors (Lipinski definition) is 2. The molecule has 1 saturated heterocycles. The van der Waals surface area contributed by atoms with Gasteiger partial charge in [-0.15, -0.1) is 0 Å². The zero-order valence-electron chi connectivity index (χ0n) is 9.05. The van der Waals surface area contributed by atoms with Crippen LogP contribution in [0.2, 0.25) is 0 Å². The molecule has 0 bridgehead atoms. The number of hydrogen-bond donors (Lipinski definition) is 0. The molecule has 1 fully saturated rings. The van der Waals surface area contributed by atoms with Crippen LogP contribution < -0.4 is 0 Å². The third-order valence-corrected chi connectivity index (χ3v) is 2.63. The summed E-state index contributed by atoms with van der Waals surface area (Å²) in [5.41, 5.74) is -0.209. The molecule has 1 aliphatic rings. The summed E-state index contributed by atoms with van der Waals surface area (Å²) < 4.78 is 5.73. The highest BCUT2D eigenvalue weighted by Crippen LogP contribution is 2.21. The highest BCUT2D eigenvalue weighted by Gasteiger charge is 2.33. The van der Waals surface area contributed by atoms with Crippen LogP contribution in [0, 0.1) is 0 Å². The van der Waals surface area contributed by atoms with Crippen LogP contribution in [0.5, 0.6) is 0 Å². The van der Waals surface area contributed by atoms with Gasteiger partial charge in [-0.1, -0.05) is 15.9 Å². The SMILES string of the molecule is CC1CN(C(=O)CCBr)CC(C)(C)O1. The highest BCUT2D eigenvalue weighted by molar-refractivity contribution is 9.09. The lowest BCUT2D eigenvalue weighted by atomic mass is 10.1. The van der Waals surface area contributed by atoms with Gasteiger partial charge in [-0.05, 0) is 20.8 Å². The number of ether oxygens (including phenoxy) is 1. The second kappa shape index (κ2) is 4.62. The molecule has 0 saturated carbocycles. The number of nitrogens with zero attached hydrogens (tertiary/aromatic N) is 1. The molecule has 1 atom stereocenters. The maximum Gasteiger partial charge on any atom is 0.223 e. The van der Waals surface area contributed by atoms with Gasteiger partial charge in [0.1, 0.15) is 0 Å². The molecule has 0 aromatic carbocycles. The minimum Gasteiger partial charge on any atom is -0.369 e. The topological polar surface area (TPSA) is 29.5 Å². The monoisotopic (exact) mass is 263 g/mol. The Hall–Kier alpha value is -0.0900. The Kier molecular flexibility index (Phi) is 3.95. The van der Waals surface area contributed by atoms with E-state index in [0.717, 1.165) is 11.9 Å². The van der Waals surface area contributed by atoms with Gasteiger partial charge in [0.2, 0.25) is 5.91 Å². The molecule has 1 unspecified atom stereocenters. The Bertz CT molecular complexity index is 218. The minimum absolute atomic E-state index is 0.137. The number of alkyl halides is 1. The Morgan fingerprint density at radius 2 is 2.29 bits per heavy atom. The van der Waals surface area contributed by atoms with Crippen LogP contribution in [0.25, 0.3) is 0 Å². The van der Waals surface area contributed by atoms with Crippen molar-refractivity contribution in [2.24, 2.45) is 0 Å². The summed E-state index contributed by atoms with van der Waals surface area (Å²) in [6.45, 7) is 7.47. The van der Waals surface area contributed by atoms with Gasteiger partial charge in [-0.2, -0.15) is 0 Å². The fraction of sp³-hybridized carbons (Fsp3) is 0.900. The van der Waals surface area contributed by atoms with E-state index in [2.05, 4.69) is 15.9 Å². The molecule has 82 valence electrons. The molecule has 4 heteroatoms.